The first-order valence-electron chi connectivity index (χ1n) is 6.66. The zero-order valence-electron chi connectivity index (χ0n) is 11.7. The fourth-order valence-corrected chi connectivity index (χ4v) is 2.54. The van der Waals surface area contributed by atoms with E-state index in [1.54, 1.807) is 10.8 Å². The standard InChI is InChI=1S/C15H18BrN3O/c1-3-7-17-14-6-4-5-13(18-14)10-19-9-12(16)8-11(2)15(19)20/h4-6,8-9H,3,7,10H2,1-2H3,(H,17,18). The van der Waals surface area contributed by atoms with Gasteiger partial charge >= 0.3 is 0 Å². The van der Waals surface area contributed by atoms with Crippen molar-refractivity contribution in [3.05, 3.63) is 56.5 Å². The number of halogens is 1. The molecule has 0 saturated carbocycles. The minimum atomic E-state index is 0.0157. The molecule has 0 amide bonds. The van der Waals surface area contributed by atoms with Gasteiger partial charge in [-0.05, 0) is 47.5 Å². The van der Waals surface area contributed by atoms with Crippen molar-refractivity contribution in [3.8, 4) is 0 Å². The first-order valence-corrected chi connectivity index (χ1v) is 7.46. The third kappa shape index (κ3) is 3.70. The van der Waals surface area contributed by atoms with Gasteiger partial charge in [0.2, 0.25) is 0 Å². The third-order valence-corrected chi connectivity index (χ3v) is 3.36. The van der Waals surface area contributed by atoms with E-state index in [-0.39, 0.29) is 5.56 Å². The highest BCUT2D eigenvalue weighted by Gasteiger charge is 2.04. The molecule has 0 saturated heterocycles. The Morgan fingerprint density at radius 2 is 2.20 bits per heavy atom. The fraction of sp³-hybridized carbons (Fsp3) is 0.333. The van der Waals surface area contributed by atoms with Crippen LogP contribution in [-0.2, 0) is 6.54 Å². The molecule has 2 aromatic rings. The second-order valence-corrected chi connectivity index (χ2v) is 5.63. The van der Waals surface area contributed by atoms with Crippen molar-refractivity contribution in [1.29, 1.82) is 0 Å². The first kappa shape index (κ1) is 14.8. The SMILES string of the molecule is CCCNc1cccc(Cn2cc(Br)cc(C)c2=O)n1. The normalized spacial score (nSPS) is 10.6. The van der Waals surface area contributed by atoms with Crippen LogP contribution in [0.25, 0.3) is 0 Å². The van der Waals surface area contributed by atoms with Crippen LogP contribution in [0.5, 0.6) is 0 Å². The summed E-state index contributed by atoms with van der Waals surface area (Å²) < 4.78 is 2.57. The van der Waals surface area contributed by atoms with Crippen molar-refractivity contribution in [2.45, 2.75) is 26.8 Å². The monoisotopic (exact) mass is 335 g/mol. The quantitative estimate of drug-likeness (QED) is 0.912. The maximum atomic E-state index is 12.1. The van der Waals surface area contributed by atoms with Gasteiger partial charge in [0.15, 0.2) is 0 Å². The van der Waals surface area contributed by atoms with E-state index in [9.17, 15) is 4.79 Å². The van der Waals surface area contributed by atoms with Crippen LogP contribution in [0.3, 0.4) is 0 Å². The van der Waals surface area contributed by atoms with Gasteiger partial charge in [0, 0.05) is 22.8 Å². The maximum Gasteiger partial charge on any atom is 0.253 e. The van der Waals surface area contributed by atoms with Crippen molar-refractivity contribution in [2.24, 2.45) is 0 Å². The summed E-state index contributed by atoms with van der Waals surface area (Å²) in [6.07, 6.45) is 2.85. The Morgan fingerprint density at radius 1 is 1.40 bits per heavy atom. The van der Waals surface area contributed by atoms with E-state index in [0.29, 0.717) is 6.54 Å². The summed E-state index contributed by atoms with van der Waals surface area (Å²) in [5.74, 6) is 0.851. The second-order valence-electron chi connectivity index (χ2n) is 4.72. The topological polar surface area (TPSA) is 46.9 Å². The molecule has 2 rings (SSSR count). The zero-order valence-corrected chi connectivity index (χ0v) is 13.3. The lowest BCUT2D eigenvalue weighted by atomic mass is 10.3. The van der Waals surface area contributed by atoms with Crippen molar-refractivity contribution in [1.82, 2.24) is 9.55 Å². The Bertz CT molecular complexity index is 652. The molecular weight excluding hydrogens is 318 g/mol. The molecule has 5 heteroatoms. The van der Waals surface area contributed by atoms with Crippen LogP contribution in [0.1, 0.15) is 24.6 Å². The Morgan fingerprint density at radius 3 is 2.95 bits per heavy atom. The summed E-state index contributed by atoms with van der Waals surface area (Å²) in [5.41, 5.74) is 1.60. The molecule has 0 fully saturated rings. The smallest absolute Gasteiger partial charge is 0.253 e. The fourth-order valence-electron chi connectivity index (χ4n) is 1.95. The molecule has 0 aromatic carbocycles. The summed E-state index contributed by atoms with van der Waals surface area (Å²) in [7, 11) is 0. The molecule has 106 valence electrons. The average Bonchev–Trinajstić information content (AvgIpc) is 2.42. The highest BCUT2D eigenvalue weighted by molar-refractivity contribution is 9.10. The highest BCUT2D eigenvalue weighted by atomic mass is 79.9. The van der Waals surface area contributed by atoms with Gasteiger partial charge in [0.05, 0.1) is 12.2 Å². The molecule has 0 aliphatic heterocycles. The lowest BCUT2D eigenvalue weighted by Gasteiger charge is -2.09. The molecule has 0 spiro atoms. The molecule has 0 bridgehead atoms. The first-order chi connectivity index (χ1) is 9.60. The molecule has 2 aromatic heterocycles. The molecule has 2 heterocycles. The van der Waals surface area contributed by atoms with Gasteiger partial charge in [-0.15, -0.1) is 0 Å². The Kier molecular flexibility index (Phi) is 4.95. The number of hydrogen-bond donors (Lipinski definition) is 1. The molecule has 1 N–H and O–H groups in total. The number of rotatable bonds is 5. The van der Waals surface area contributed by atoms with E-state index < -0.39 is 0 Å². The summed E-state index contributed by atoms with van der Waals surface area (Å²) in [4.78, 5) is 16.6. The lowest BCUT2D eigenvalue weighted by Crippen LogP contribution is -2.22. The van der Waals surface area contributed by atoms with Gasteiger partial charge in [-0.2, -0.15) is 0 Å². The van der Waals surface area contributed by atoms with Crippen LogP contribution < -0.4 is 10.9 Å². The van der Waals surface area contributed by atoms with Crippen LogP contribution in [0.4, 0.5) is 5.82 Å². The van der Waals surface area contributed by atoms with Crippen LogP contribution in [-0.4, -0.2) is 16.1 Å². The number of aromatic nitrogens is 2. The predicted molar refractivity (Wildman–Crippen MR) is 85.3 cm³/mol. The van der Waals surface area contributed by atoms with E-state index in [2.05, 4.69) is 33.2 Å². The molecule has 4 nitrogen and oxygen atoms in total. The Labute approximate surface area is 127 Å². The van der Waals surface area contributed by atoms with Crippen LogP contribution >= 0.6 is 15.9 Å². The molecule has 0 aliphatic carbocycles. The van der Waals surface area contributed by atoms with Crippen LogP contribution in [0.15, 0.2) is 39.7 Å². The van der Waals surface area contributed by atoms with E-state index in [1.807, 2.05) is 31.2 Å². The van der Waals surface area contributed by atoms with E-state index in [0.717, 1.165) is 34.5 Å². The molecule has 0 aliphatic rings. The van der Waals surface area contributed by atoms with Gasteiger partial charge < -0.3 is 9.88 Å². The van der Waals surface area contributed by atoms with E-state index in [4.69, 9.17) is 0 Å². The predicted octanol–water partition coefficient (Wildman–Crippen LogP) is 3.18. The van der Waals surface area contributed by atoms with Crippen molar-refractivity contribution >= 4 is 21.7 Å². The maximum absolute atomic E-state index is 12.1. The number of anilines is 1. The minimum Gasteiger partial charge on any atom is -0.370 e. The number of aryl methyl sites for hydroxylation is 1. The van der Waals surface area contributed by atoms with Crippen molar-refractivity contribution in [2.75, 3.05) is 11.9 Å². The Hall–Kier alpha value is -1.62. The van der Waals surface area contributed by atoms with Crippen molar-refractivity contribution < 1.29 is 0 Å². The van der Waals surface area contributed by atoms with E-state index in [1.165, 1.54) is 0 Å². The summed E-state index contributed by atoms with van der Waals surface area (Å²) >= 11 is 3.42. The lowest BCUT2D eigenvalue weighted by molar-refractivity contribution is 0.730. The highest BCUT2D eigenvalue weighted by Crippen LogP contribution is 2.10. The number of nitrogens with zero attached hydrogens (tertiary/aromatic N) is 2. The summed E-state index contributed by atoms with van der Waals surface area (Å²) in [5, 5.41) is 3.25. The van der Waals surface area contributed by atoms with Gasteiger partial charge in [-0.1, -0.05) is 13.0 Å². The zero-order chi connectivity index (χ0) is 14.5. The average molecular weight is 336 g/mol. The Balaban J connectivity index is 2.24. The van der Waals surface area contributed by atoms with Gasteiger partial charge in [-0.3, -0.25) is 4.79 Å². The van der Waals surface area contributed by atoms with E-state index >= 15 is 0 Å². The van der Waals surface area contributed by atoms with Crippen LogP contribution in [0.2, 0.25) is 0 Å². The van der Waals surface area contributed by atoms with Gasteiger partial charge in [0.1, 0.15) is 5.82 Å². The van der Waals surface area contributed by atoms with Gasteiger partial charge in [0.25, 0.3) is 5.56 Å². The minimum absolute atomic E-state index is 0.0157. The third-order valence-electron chi connectivity index (χ3n) is 2.93. The van der Waals surface area contributed by atoms with Crippen molar-refractivity contribution in [3.63, 3.8) is 0 Å². The molecule has 0 atom stereocenters. The number of nitrogens with one attached hydrogen (secondary N) is 1. The van der Waals surface area contributed by atoms with Gasteiger partial charge in [-0.25, -0.2) is 4.98 Å². The number of pyridine rings is 2. The number of hydrogen-bond acceptors (Lipinski definition) is 3. The summed E-state index contributed by atoms with van der Waals surface area (Å²) in [6.45, 7) is 5.30. The molecule has 20 heavy (non-hydrogen) atoms. The molecule has 0 radical (unpaired) electrons. The molecule has 0 unspecified atom stereocenters. The second kappa shape index (κ2) is 6.70. The van der Waals surface area contributed by atoms with Crippen LogP contribution in [0, 0.1) is 6.92 Å². The molecular formula is C15H18BrN3O. The summed E-state index contributed by atoms with van der Waals surface area (Å²) in [6, 6.07) is 7.65. The largest absolute Gasteiger partial charge is 0.370 e.